The Balaban J connectivity index is 1.85. The summed E-state index contributed by atoms with van der Waals surface area (Å²) < 4.78 is 15.1. The number of nitrogens with zero attached hydrogens (tertiary/aromatic N) is 3. The van der Waals surface area contributed by atoms with E-state index < -0.39 is 0 Å². The van der Waals surface area contributed by atoms with Gasteiger partial charge in [-0.15, -0.1) is 11.8 Å². The van der Waals surface area contributed by atoms with Crippen molar-refractivity contribution < 1.29 is 9.18 Å². The molecule has 0 unspecified atom stereocenters. The third kappa shape index (κ3) is 2.70. The Kier molecular flexibility index (Phi) is 4.07. The molecule has 0 spiro atoms. The number of amides is 1. The first kappa shape index (κ1) is 16.8. The lowest BCUT2D eigenvalue weighted by atomic mass is 10.0. The van der Waals surface area contributed by atoms with Gasteiger partial charge >= 0.3 is 0 Å². The minimum atomic E-state index is -0.280. The molecule has 1 aromatic carbocycles. The van der Waals surface area contributed by atoms with Gasteiger partial charge in [-0.1, -0.05) is 0 Å². The van der Waals surface area contributed by atoms with Crippen LogP contribution < -0.4 is 5.32 Å². The highest BCUT2D eigenvalue weighted by atomic mass is 32.2. The predicted molar refractivity (Wildman–Crippen MR) is 99.3 cm³/mol. The fraction of sp³-hybridized carbons (Fsp3) is 0.278. The first-order chi connectivity index (χ1) is 12.5. The summed E-state index contributed by atoms with van der Waals surface area (Å²) in [5, 5.41) is 14.7. The standard InChI is InChI=1S/C18H18FN5OS/c1-9-16-17(26-8-14(25)20-18(16)22-21-9)15-10(2)23-24(11(15)3)13-6-4-12(19)5-7-13/h4-7,17H,8H2,1-3H3,(H2,20,21,22,25)/t17-/m0/s1. The SMILES string of the molecule is Cc1nn(-c2ccc(F)cc2)c(C)c1[C@@H]1SCC(=O)Nc2n[nH]c(C)c21. The van der Waals surface area contributed by atoms with E-state index in [-0.39, 0.29) is 17.0 Å². The maximum absolute atomic E-state index is 13.3. The number of aromatic nitrogens is 4. The summed E-state index contributed by atoms with van der Waals surface area (Å²) in [6, 6.07) is 6.26. The number of rotatable bonds is 2. The minimum Gasteiger partial charge on any atom is -0.308 e. The molecule has 6 nitrogen and oxygen atoms in total. The molecule has 3 heterocycles. The number of hydrogen-bond donors (Lipinski definition) is 2. The molecule has 26 heavy (non-hydrogen) atoms. The summed E-state index contributed by atoms with van der Waals surface area (Å²) in [5.41, 5.74) is 5.60. The molecule has 8 heteroatoms. The Bertz CT molecular complexity index is 992. The van der Waals surface area contributed by atoms with E-state index in [2.05, 4.69) is 20.6 Å². The van der Waals surface area contributed by atoms with E-state index in [9.17, 15) is 9.18 Å². The van der Waals surface area contributed by atoms with Gasteiger partial charge in [0.2, 0.25) is 5.91 Å². The molecule has 1 aliphatic heterocycles. The maximum atomic E-state index is 13.3. The van der Waals surface area contributed by atoms with E-state index in [0.29, 0.717) is 11.6 Å². The number of aromatic amines is 1. The van der Waals surface area contributed by atoms with Gasteiger partial charge in [-0.2, -0.15) is 10.2 Å². The lowest BCUT2D eigenvalue weighted by Crippen LogP contribution is -2.12. The first-order valence-electron chi connectivity index (χ1n) is 8.24. The van der Waals surface area contributed by atoms with Gasteiger partial charge in [-0.05, 0) is 45.0 Å². The molecule has 0 bridgehead atoms. The summed E-state index contributed by atoms with van der Waals surface area (Å²) in [5.74, 6) is 0.585. The Morgan fingerprint density at radius 1 is 1.19 bits per heavy atom. The Hall–Kier alpha value is -2.61. The number of thioether (sulfide) groups is 1. The molecular weight excluding hydrogens is 353 g/mol. The van der Waals surface area contributed by atoms with Gasteiger partial charge in [0.25, 0.3) is 0 Å². The Morgan fingerprint density at radius 2 is 1.92 bits per heavy atom. The molecule has 4 rings (SSSR count). The number of fused-ring (bicyclic) bond motifs is 1. The van der Waals surface area contributed by atoms with Crippen molar-refractivity contribution >= 4 is 23.5 Å². The van der Waals surface area contributed by atoms with Crippen molar-refractivity contribution in [3.63, 3.8) is 0 Å². The first-order valence-corrected chi connectivity index (χ1v) is 9.29. The fourth-order valence-electron chi connectivity index (χ4n) is 3.36. The van der Waals surface area contributed by atoms with Gasteiger partial charge in [-0.3, -0.25) is 9.89 Å². The third-order valence-corrected chi connectivity index (χ3v) is 5.81. The molecule has 0 radical (unpaired) electrons. The van der Waals surface area contributed by atoms with Crippen molar-refractivity contribution in [2.45, 2.75) is 26.0 Å². The second-order valence-corrected chi connectivity index (χ2v) is 7.42. The number of carbonyl (C=O) groups is 1. The van der Waals surface area contributed by atoms with Crippen LogP contribution in [0.25, 0.3) is 5.69 Å². The molecule has 0 saturated carbocycles. The van der Waals surface area contributed by atoms with E-state index in [4.69, 9.17) is 0 Å². The molecule has 2 N–H and O–H groups in total. The van der Waals surface area contributed by atoms with Crippen LogP contribution in [0, 0.1) is 26.6 Å². The monoisotopic (exact) mass is 371 g/mol. The summed E-state index contributed by atoms with van der Waals surface area (Å²) >= 11 is 1.56. The number of carbonyl (C=O) groups excluding carboxylic acids is 1. The van der Waals surface area contributed by atoms with Gasteiger partial charge in [-0.25, -0.2) is 9.07 Å². The van der Waals surface area contributed by atoms with Crippen molar-refractivity contribution in [2.24, 2.45) is 0 Å². The average Bonchev–Trinajstić information content (AvgIpc) is 3.04. The van der Waals surface area contributed by atoms with Crippen LogP contribution in [0.15, 0.2) is 24.3 Å². The zero-order chi connectivity index (χ0) is 18.4. The zero-order valence-corrected chi connectivity index (χ0v) is 15.4. The lowest BCUT2D eigenvalue weighted by molar-refractivity contribution is -0.113. The van der Waals surface area contributed by atoms with E-state index in [1.807, 2.05) is 25.5 Å². The topological polar surface area (TPSA) is 75.6 Å². The van der Waals surface area contributed by atoms with Crippen LogP contribution in [-0.2, 0) is 4.79 Å². The van der Waals surface area contributed by atoms with Crippen molar-refractivity contribution in [1.82, 2.24) is 20.0 Å². The van der Waals surface area contributed by atoms with Gasteiger partial charge in [0.1, 0.15) is 5.82 Å². The molecule has 0 fully saturated rings. The van der Waals surface area contributed by atoms with Crippen molar-refractivity contribution in [3.05, 3.63) is 58.3 Å². The predicted octanol–water partition coefficient (Wildman–Crippen LogP) is 3.43. The molecule has 2 aromatic heterocycles. The smallest absolute Gasteiger partial charge is 0.235 e. The van der Waals surface area contributed by atoms with Crippen LogP contribution in [0.1, 0.15) is 33.5 Å². The van der Waals surface area contributed by atoms with Gasteiger partial charge in [0.05, 0.1) is 22.4 Å². The number of H-pyrrole nitrogens is 1. The Morgan fingerprint density at radius 3 is 2.65 bits per heavy atom. The molecule has 1 atom stereocenters. The molecule has 1 amide bonds. The number of halogens is 1. The quantitative estimate of drug-likeness (QED) is 0.724. The number of anilines is 1. The molecular formula is C18H18FN5OS. The van der Waals surface area contributed by atoms with E-state index in [1.165, 1.54) is 12.1 Å². The normalized spacial score (nSPS) is 16.9. The number of nitrogens with one attached hydrogen (secondary N) is 2. The van der Waals surface area contributed by atoms with Crippen LogP contribution in [0.2, 0.25) is 0 Å². The summed E-state index contributed by atoms with van der Waals surface area (Å²) in [4.78, 5) is 12.0. The van der Waals surface area contributed by atoms with Gasteiger partial charge < -0.3 is 5.32 Å². The number of benzene rings is 1. The van der Waals surface area contributed by atoms with Crippen molar-refractivity contribution in [2.75, 3.05) is 11.1 Å². The minimum absolute atomic E-state index is 0.0584. The van der Waals surface area contributed by atoms with Crippen LogP contribution in [0.5, 0.6) is 0 Å². The van der Waals surface area contributed by atoms with Crippen LogP contribution in [0.4, 0.5) is 10.2 Å². The second-order valence-electron chi connectivity index (χ2n) is 6.32. The zero-order valence-electron chi connectivity index (χ0n) is 14.6. The second kappa shape index (κ2) is 6.28. The average molecular weight is 371 g/mol. The van der Waals surface area contributed by atoms with Crippen LogP contribution >= 0.6 is 11.8 Å². The van der Waals surface area contributed by atoms with Gasteiger partial charge in [0, 0.05) is 22.5 Å². The van der Waals surface area contributed by atoms with E-state index >= 15 is 0 Å². The molecule has 3 aromatic rings. The molecule has 0 saturated heterocycles. The highest BCUT2D eigenvalue weighted by Crippen LogP contribution is 2.44. The van der Waals surface area contributed by atoms with Gasteiger partial charge in [0.15, 0.2) is 5.82 Å². The lowest BCUT2D eigenvalue weighted by Gasteiger charge is -2.16. The summed E-state index contributed by atoms with van der Waals surface area (Å²) in [6.07, 6.45) is 0. The maximum Gasteiger partial charge on any atom is 0.235 e. The van der Waals surface area contributed by atoms with Crippen molar-refractivity contribution in [1.29, 1.82) is 0 Å². The largest absolute Gasteiger partial charge is 0.308 e. The fourth-order valence-corrected chi connectivity index (χ4v) is 4.71. The molecule has 0 aliphatic carbocycles. The van der Waals surface area contributed by atoms with E-state index in [0.717, 1.165) is 33.9 Å². The summed E-state index contributed by atoms with van der Waals surface area (Å²) in [6.45, 7) is 5.90. The summed E-state index contributed by atoms with van der Waals surface area (Å²) in [7, 11) is 0. The van der Waals surface area contributed by atoms with Crippen LogP contribution in [0.3, 0.4) is 0 Å². The number of hydrogen-bond acceptors (Lipinski definition) is 4. The number of aryl methyl sites for hydroxylation is 2. The molecule has 134 valence electrons. The van der Waals surface area contributed by atoms with Crippen molar-refractivity contribution in [3.8, 4) is 5.69 Å². The highest BCUT2D eigenvalue weighted by Gasteiger charge is 2.32. The van der Waals surface area contributed by atoms with Crippen LogP contribution in [-0.4, -0.2) is 31.6 Å². The molecule has 1 aliphatic rings. The Labute approximate surface area is 154 Å². The third-order valence-electron chi connectivity index (χ3n) is 4.58. The highest BCUT2D eigenvalue weighted by molar-refractivity contribution is 8.00. The van der Waals surface area contributed by atoms with E-state index in [1.54, 1.807) is 23.9 Å².